The lowest BCUT2D eigenvalue weighted by molar-refractivity contribution is -0.244. The van der Waals surface area contributed by atoms with Crippen molar-refractivity contribution >= 4 is 5.97 Å². The first-order chi connectivity index (χ1) is 18.3. The van der Waals surface area contributed by atoms with Gasteiger partial charge in [0.05, 0.1) is 26.5 Å². The summed E-state index contributed by atoms with van der Waals surface area (Å²) in [5, 5.41) is 28.8. The average molecular weight is 537 g/mol. The van der Waals surface area contributed by atoms with Crippen LogP contribution in [-0.4, -0.2) is 82.5 Å². The van der Waals surface area contributed by atoms with Gasteiger partial charge in [0.1, 0.15) is 36.2 Å². The van der Waals surface area contributed by atoms with Crippen LogP contribution in [0.2, 0.25) is 0 Å². The van der Waals surface area contributed by atoms with Crippen molar-refractivity contribution in [3.8, 4) is 11.3 Å². The maximum atomic E-state index is 13.8. The van der Waals surface area contributed by atoms with E-state index in [-0.39, 0.29) is 17.9 Å². The number of ether oxygens (including phenoxy) is 4. The molecule has 0 radical (unpaired) electrons. The fourth-order valence-corrected chi connectivity index (χ4v) is 4.38. The van der Waals surface area contributed by atoms with Crippen LogP contribution in [0.1, 0.15) is 11.6 Å². The van der Waals surface area contributed by atoms with Gasteiger partial charge in [0.25, 0.3) is 0 Å². The average Bonchev–Trinajstić information content (AvgIpc) is 3.42. The summed E-state index contributed by atoms with van der Waals surface area (Å²) in [6.45, 7) is -0.615. The Morgan fingerprint density at radius 2 is 1.84 bits per heavy atom. The predicted molar refractivity (Wildman–Crippen MR) is 124 cm³/mol. The highest BCUT2D eigenvalue weighted by atomic mass is 19.2. The van der Waals surface area contributed by atoms with Crippen LogP contribution in [0.5, 0.6) is 0 Å². The van der Waals surface area contributed by atoms with Crippen LogP contribution in [0.15, 0.2) is 48.7 Å². The highest BCUT2D eigenvalue weighted by Crippen LogP contribution is 2.35. The Labute approximate surface area is 215 Å². The van der Waals surface area contributed by atoms with Crippen molar-refractivity contribution in [1.29, 1.82) is 0 Å². The van der Waals surface area contributed by atoms with E-state index in [1.165, 1.54) is 20.4 Å². The van der Waals surface area contributed by atoms with Gasteiger partial charge in [-0.2, -0.15) is 0 Å². The molecule has 1 saturated heterocycles. The molecule has 1 aliphatic heterocycles. The summed E-state index contributed by atoms with van der Waals surface area (Å²) in [7, 11) is 2.49. The van der Waals surface area contributed by atoms with Gasteiger partial charge in [0.15, 0.2) is 23.6 Å². The summed E-state index contributed by atoms with van der Waals surface area (Å²) in [6, 6.07) is 9.43. The minimum absolute atomic E-state index is 0.0169. The molecular weight excluding hydrogens is 511 g/mol. The number of nitrogens with zero attached hydrogens (tertiary/aromatic N) is 3. The fraction of sp³-hybridized carbons (Fsp3) is 0.400. The molecule has 204 valence electrons. The molecule has 0 bridgehead atoms. The molecule has 1 aliphatic rings. The summed E-state index contributed by atoms with van der Waals surface area (Å²) >= 11 is 0. The molecular formula is C25H26F3N3O7. The minimum Gasteiger partial charge on any atom is -0.467 e. The van der Waals surface area contributed by atoms with Crippen molar-refractivity contribution in [2.75, 3.05) is 20.8 Å². The summed E-state index contributed by atoms with van der Waals surface area (Å²) < 4.78 is 64.4. The number of halogens is 3. The first-order valence-corrected chi connectivity index (χ1v) is 11.6. The first-order valence-electron chi connectivity index (χ1n) is 11.6. The second-order valence-corrected chi connectivity index (χ2v) is 8.58. The molecule has 10 nitrogen and oxygen atoms in total. The standard InChI is InChI=1S/C25H26F3N3O7/c1-35-22-20(31-10-17(29-30-31)14-8-15(26)19(28)16(27)9-14)21(33)18(11-32)38-23(22)24(25(34)36-2)37-12-13-6-4-3-5-7-13/h3-10,18,20-24,32-33H,11-12H2,1-2H3/t18?,20?,21-,22?,23+,24-/m0/s1. The smallest absolute Gasteiger partial charge is 0.337 e. The maximum absolute atomic E-state index is 13.8. The van der Waals surface area contributed by atoms with Crippen molar-refractivity contribution in [2.45, 2.75) is 43.2 Å². The Balaban J connectivity index is 1.68. The number of methoxy groups -OCH3 is 2. The van der Waals surface area contributed by atoms with Crippen LogP contribution < -0.4 is 0 Å². The van der Waals surface area contributed by atoms with E-state index in [9.17, 15) is 28.2 Å². The van der Waals surface area contributed by atoms with Gasteiger partial charge in [0.2, 0.25) is 0 Å². The number of esters is 1. The van der Waals surface area contributed by atoms with Gasteiger partial charge < -0.3 is 29.2 Å². The lowest BCUT2D eigenvalue weighted by Crippen LogP contribution is -2.61. The van der Waals surface area contributed by atoms with Crippen LogP contribution in [0.25, 0.3) is 11.3 Å². The van der Waals surface area contributed by atoms with Crippen molar-refractivity contribution < 1.29 is 47.1 Å². The number of carbonyl (C=O) groups is 1. The molecule has 3 unspecified atom stereocenters. The predicted octanol–water partition coefficient (Wildman–Crippen LogP) is 1.80. The monoisotopic (exact) mass is 537 g/mol. The summed E-state index contributed by atoms with van der Waals surface area (Å²) in [4.78, 5) is 12.7. The number of aliphatic hydroxyl groups excluding tert-OH is 2. The topological polar surface area (TPSA) is 125 Å². The molecule has 6 atom stereocenters. The normalized spacial score (nSPS) is 24.2. The van der Waals surface area contributed by atoms with Gasteiger partial charge >= 0.3 is 5.97 Å². The summed E-state index contributed by atoms with van der Waals surface area (Å²) in [6.07, 6.45) is -4.96. The zero-order chi connectivity index (χ0) is 27.4. The summed E-state index contributed by atoms with van der Waals surface area (Å²) in [5.41, 5.74) is 0.636. The molecule has 2 N–H and O–H groups in total. The minimum atomic E-state index is -1.63. The van der Waals surface area contributed by atoms with Gasteiger partial charge in [-0.05, 0) is 17.7 Å². The van der Waals surface area contributed by atoms with Gasteiger partial charge in [-0.15, -0.1) is 5.10 Å². The highest BCUT2D eigenvalue weighted by Gasteiger charge is 2.52. The Bertz CT molecular complexity index is 1220. The lowest BCUT2D eigenvalue weighted by atomic mass is 9.89. The van der Waals surface area contributed by atoms with Crippen molar-refractivity contribution in [3.63, 3.8) is 0 Å². The van der Waals surface area contributed by atoms with Crippen LogP contribution in [0.4, 0.5) is 13.2 Å². The summed E-state index contributed by atoms with van der Waals surface area (Å²) in [5.74, 6) is -5.23. The Hall–Kier alpha value is -3.36. The molecule has 0 aliphatic carbocycles. The van der Waals surface area contributed by atoms with E-state index in [0.717, 1.165) is 22.4 Å². The van der Waals surface area contributed by atoms with E-state index in [4.69, 9.17) is 18.9 Å². The third kappa shape index (κ3) is 5.56. The molecule has 2 heterocycles. The molecule has 38 heavy (non-hydrogen) atoms. The first kappa shape index (κ1) is 27.7. The Morgan fingerprint density at radius 1 is 1.16 bits per heavy atom. The van der Waals surface area contributed by atoms with Crippen LogP contribution in [0.3, 0.4) is 0 Å². The number of aromatic nitrogens is 3. The van der Waals surface area contributed by atoms with Crippen molar-refractivity contribution in [2.24, 2.45) is 0 Å². The second-order valence-electron chi connectivity index (χ2n) is 8.58. The van der Waals surface area contributed by atoms with Crippen LogP contribution in [0, 0.1) is 17.5 Å². The SMILES string of the molecule is COC(=O)[C@@H](OCc1ccccc1)[C@@H]1OC(CO)[C@H](O)C(n2cc(-c3cc(F)c(F)c(F)c3)nn2)C1OC. The zero-order valence-corrected chi connectivity index (χ0v) is 20.4. The van der Waals surface area contributed by atoms with E-state index >= 15 is 0 Å². The number of aliphatic hydroxyl groups is 2. The number of carbonyl (C=O) groups excluding carboxylic acids is 1. The molecule has 1 fully saturated rings. The van der Waals surface area contributed by atoms with Crippen LogP contribution in [-0.2, 0) is 30.3 Å². The third-order valence-corrected chi connectivity index (χ3v) is 6.27. The van der Waals surface area contributed by atoms with Crippen molar-refractivity contribution in [3.05, 3.63) is 71.7 Å². The Kier molecular flexibility index (Phi) is 8.74. The maximum Gasteiger partial charge on any atom is 0.337 e. The zero-order valence-electron chi connectivity index (χ0n) is 20.4. The lowest BCUT2D eigenvalue weighted by Gasteiger charge is -2.45. The number of rotatable bonds is 9. The fourth-order valence-electron chi connectivity index (χ4n) is 4.38. The Morgan fingerprint density at radius 3 is 2.45 bits per heavy atom. The molecule has 0 saturated carbocycles. The number of hydrogen-bond acceptors (Lipinski definition) is 9. The molecule has 2 aromatic carbocycles. The van der Waals surface area contributed by atoms with Gasteiger partial charge in [-0.1, -0.05) is 35.5 Å². The van der Waals surface area contributed by atoms with E-state index in [1.54, 1.807) is 24.3 Å². The van der Waals surface area contributed by atoms with E-state index < -0.39 is 66.6 Å². The molecule has 0 amide bonds. The molecule has 4 rings (SSSR count). The van der Waals surface area contributed by atoms with Crippen LogP contribution >= 0.6 is 0 Å². The van der Waals surface area contributed by atoms with E-state index in [0.29, 0.717) is 0 Å². The number of hydrogen-bond donors (Lipinski definition) is 2. The van der Waals surface area contributed by atoms with Gasteiger partial charge in [0, 0.05) is 12.7 Å². The highest BCUT2D eigenvalue weighted by molar-refractivity contribution is 5.75. The molecule has 1 aromatic heterocycles. The molecule has 3 aromatic rings. The second kappa shape index (κ2) is 12.0. The van der Waals surface area contributed by atoms with Gasteiger partial charge in [-0.25, -0.2) is 22.6 Å². The number of benzene rings is 2. The van der Waals surface area contributed by atoms with Crippen molar-refractivity contribution in [1.82, 2.24) is 15.0 Å². The van der Waals surface area contributed by atoms with E-state index in [2.05, 4.69) is 10.3 Å². The third-order valence-electron chi connectivity index (χ3n) is 6.27. The largest absolute Gasteiger partial charge is 0.467 e. The van der Waals surface area contributed by atoms with Gasteiger partial charge in [-0.3, -0.25) is 0 Å². The quantitative estimate of drug-likeness (QED) is 0.311. The molecule has 13 heteroatoms. The van der Waals surface area contributed by atoms with E-state index in [1.807, 2.05) is 6.07 Å². The molecule has 0 spiro atoms.